The smallest absolute Gasteiger partial charge is 0.225 e. The van der Waals surface area contributed by atoms with Gasteiger partial charge < -0.3 is 10.1 Å². The Bertz CT molecular complexity index is 576. The molecule has 8 atom stereocenters. The van der Waals surface area contributed by atoms with Gasteiger partial charge in [0.1, 0.15) is 11.7 Å². The number of carbonyl (C=O) groups is 1. The second kappa shape index (κ2) is 8.40. The van der Waals surface area contributed by atoms with Crippen LogP contribution in [0.4, 0.5) is 4.39 Å². The zero-order valence-corrected chi connectivity index (χ0v) is 17.5. The molecule has 5 aliphatic rings. The van der Waals surface area contributed by atoms with E-state index in [9.17, 15) is 9.18 Å². The van der Waals surface area contributed by atoms with Gasteiger partial charge in [0.05, 0.1) is 13.2 Å². The number of morpholine rings is 1. The second-order valence-electron chi connectivity index (χ2n) is 9.49. The number of nitrogens with zero attached hydrogens (tertiary/aromatic N) is 1. The highest BCUT2D eigenvalue weighted by atomic mass is 32.2. The third-order valence-corrected chi connectivity index (χ3v) is 9.43. The van der Waals surface area contributed by atoms with Gasteiger partial charge in [0, 0.05) is 36.3 Å². The van der Waals surface area contributed by atoms with Crippen molar-refractivity contribution in [1.29, 1.82) is 0 Å². The monoisotopic (exact) mass is 411 g/mol. The molecule has 3 saturated carbocycles. The minimum Gasteiger partial charge on any atom is -0.379 e. The Labute approximate surface area is 171 Å². The normalized spacial score (nSPS) is 46.8. The molecule has 0 aromatic rings. The van der Waals surface area contributed by atoms with Crippen LogP contribution in [0.5, 0.6) is 0 Å². The first-order valence-electron chi connectivity index (χ1n) is 11.3. The number of carbonyl (C=O) groups excluding carboxylic acids is 1. The lowest BCUT2D eigenvalue weighted by molar-refractivity contribution is -0.125. The molecule has 5 fully saturated rings. The summed E-state index contributed by atoms with van der Waals surface area (Å²) < 4.78 is 19.3. The number of halogens is 1. The molecule has 7 heteroatoms. The SMILES string of the molecule is O=C(NC1NC2CCC3CC(F)CCC3C2S1)[C@H]1CC[C@@H](N2CCOCC2)C1. The summed E-state index contributed by atoms with van der Waals surface area (Å²) in [5.41, 5.74) is 0.0341. The standard InChI is InChI=1S/C21H34FN3O2S/c22-15-3-5-17-13(11-15)2-6-18-19(17)28-21(23-18)24-20(26)14-1-4-16(12-14)25-7-9-27-10-8-25/h13-19,21,23H,1-12H2,(H,24,26)/t13?,14-,15?,16+,17?,18?,19?,21?/m0/s1. The van der Waals surface area contributed by atoms with Gasteiger partial charge in [-0.3, -0.25) is 15.0 Å². The molecular weight excluding hydrogens is 377 g/mol. The third kappa shape index (κ3) is 3.96. The van der Waals surface area contributed by atoms with Gasteiger partial charge in [-0.05, 0) is 63.2 Å². The molecule has 2 N–H and O–H groups in total. The lowest BCUT2D eigenvalue weighted by Crippen LogP contribution is -2.48. The Balaban J connectivity index is 1.13. The summed E-state index contributed by atoms with van der Waals surface area (Å²) in [5, 5.41) is 7.52. The number of ether oxygens (including phenoxy) is 1. The molecule has 3 aliphatic carbocycles. The first kappa shape index (κ1) is 19.6. The van der Waals surface area contributed by atoms with Crippen molar-refractivity contribution >= 4 is 17.7 Å². The molecule has 28 heavy (non-hydrogen) atoms. The van der Waals surface area contributed by atoms with Gasteiger partial charge in [-0.25, -0.2) is 4.39 Å². The lowest BCUT2D eigenvalue weighted by atomic mass is 9.68. The summed E-state index contributed by atoms with van der Waals surface area (Å²) in [4.78, 5) is 15.4. The molecule has 0 aromatic carbocycles. The van der Waals surface area contributed by atoms with E-state index in [2.05, 4.69) is 15.5 Å². The van der Waals surface area contributed by atoms with E-state index < -0.39 is 6.17 Å². The number of thioether (sulfide) groups is 1. The molecule has 2 heterocycles. The molecule has 0 aromatic heterocycles. The average Bonchev–Trinajstić information content (AvgIpc) is 3.35. The van der Waals surface area contributed by atoms with Crippen LogP contribution in [0.1, 0.15) is 51.4 Å². The summed E-state index contributed by atoms with van der Waals surface area (Å²) in [6.45, 7) is 3.66. The number of amides is 1. The fourth-order valence-electron chi connectivity index (χ4n) is 6.41. The Kier molecular flexibility index (Phi) is 5.88. The van der Waals surface area contributed by atoms with E-state index in [0.29, 0.717) is 29.2 Å². The Hall–Kier alpha value is -0.370. The van der Waals surface area contributed by atoms with E-state index in [1.807, 2.05) is 11.8 Å². The van der Waals surface area contributed by atoms with Crippen molar-refractivity contribution in [1.82, 2.24) is 15.5 Å². The van der Waals surface area contributed by atoms with Gasteiger partial charge >= 0.3 is 0 Å². The van der Waals surface area contributed by atoms with Crippen molar-refractivity contribution in [2.75, 3.05) is 26.3 Å². The average molecular weight is 412 g/mol. The van der Waals surface area contributed by atoms with E-state index in [0.717, 1.165) is 77.7 Å². The topological polar surface area (TPSA) is 53.6 Å². The molecule has 1 amide bonds. The molecule has 5 rings (SSSR count). The largest absolute Gasteiger partial charge is 0.379 e. The summed E-state index contributed by atoms with van der Waals surface area (Å²) >= 11 is 1.91. The highest BCUT2D eigenvalue weighted by Crippen LogP contribution is 2.49. The van der Waals surface area contributed by atoms with Crippen LogP contribution in [0.2, 0.25) is 0 Å². The zero-order valence-electron chi connectivity index (χ0n) is 16.7. The third-order valence-electron chi connectivity index (χ3n) is 7.91. The van der Waals surface area contributed by atoms with Crippen molar-refractivity contribution in [3.63, 3.8) is 0 Å². The van der Waals surface area contributed by atoms with Crippen LogP contribution in [0.15, 0.2) is 0 Å². The van der Waals surface area contributed by atoms with E-state index in [1.165, 1.54) is 0 Å². The molecule has 2 saturated heterocycles. The molecule has 158 valence electrons. The number of fused-ring (bicyclic) bond motifs is 3. The fraction of sp³-hybridized carbons (Fsp3) is 0.952. The number of hydrogen-bond donors (Lipinski definition) is 2. The summed E-state index contributed by atoms with van der Waals surface area (Å²) in [5.74, 6) is 1.55. The highest BCUT2D eigenvalue weighted by Gasteiger charge is 2.48. The quantitative estimate of drug-likeness (QED) is 0.747. The van der Waals surface area contributed by atoms with Crippen molar-refractivity contribution < 1.29 is 13.9 Å². The highest BCUT2D eigenvalue weighted by molar-refractivity contribution is 8.00. The molecule has 0 spiro atoms. The Morgan fingerprint density at radius 2 is 1.93 bits per heavy atom. The second-order valence-corrected chi connectivity index (χ2v) is 10.8. The number of alkyl halides is 1. The summed E-state index contributed by atoms with van der Waals surface area (Å²) in [6.07, 6.45) is 7.30. The van der Waals surface area contributed by atoms with Gasteiger partial charge in [-0.15, -0.1) is 11.8 Å². The minimum absolute atomic E-state index is 0.0341. The van der Waals surface area contributed by atoms with E-state index in [-0.39, 0.29) is 17.3 Å². The van der Waals surface area contributed by atoms with Crippen LogP contribution in [0, 0.1) is 17.8 Å². The molecular formula is C21H34FN3O2S. The number of hydrogen-bond acceptors (Lipinski definition) is 5. The van der Waals surface area contributed by atoms with Crippen LogP contribution in [-0.4, -0.2) is 66.1 Å². The van der Waals surface area contributed by atoms with Crippen LogP contribution in [-0.2, 0) is 9.53 Å². The van der Waals surface area contributed by atoms with Crippen LogP contribution < -0.4 is 10.6 Å². The first-order valence-corrected chi connectivity index (χ1v) is 12.3. The van der Waals surface area contributed by atoms with Gasteiger partial charge in [0.25, 0.3) is 0 Å². The molecule has 0 radical (unpaired) electrons. The summed E-state index contributed by atoms with van der Waals surface area (Å²) in [7, 11) is 0. The maximum Gasteiger partial charge on any atom is 0.225 e. The van der Waals surface area contributed by atoms with Gasteiger partial charge in [0.15, 0.2) is 0 Å². The maximum atomic E-state index is 13.8. The van der Waals surface area contributed by atoms with Gasteiger partial charge in [-0.2, -0.15) is 0 Å². The van der Waals surface area contributed by atoms with Crippen LogP contribution >= 0.6 is 11.8 Å². The van der Waals surface area contributed by atoms with E-state index in [4.69, 9.17) is 4.74 Å². The number of nitrogens with one attached hydrogen (secondary N) is 2. The van der Waals surface area contributed by atoms with E-state index >= 15 is 0 Å². The first-order chi connectivity index (χ1) is 13.7. The maximum absolute atomic E-state index is 13.8. The summed E-state index contributed by atoms with van der Waals surface area (Å²) in [6, 6.07) is 1.03. The van der Waals surface area contributed by atoms with Crippen molar-refractivity contribution in [2.45, 2.75) is 80.4 Å². The number of rotatable bonds is 3. The fourth-order valence-corrected chi connectivity index (χ4v) is 8.12. The lowest BCUT2D eigenvalue weighted by Gasteiger charge is -2.42. The Morgan fingerprint density at radius 3 is 2.79 bits per heavy atom. The Morgan fingerprint density at radius 1 is 1.07 bits per heavy atom. The van der Waals surface area contributed by atoms with Gasteiger partial charge in [-0.1, -0.05) is 0 Å². The van der Waals surface area contributed by atoms with Gasteiger partial charge in [0.2, 0.25) is 5.91 Å². The van der Waals surface area contributed by atoms with E-state index in [1.54, 1.807) is 0 Å². The van der Waals surface area contributed by atoms with Crippen LogP contribution in [0.3, 0.4) is 0 Å². The predicted molar refractivity (Wildman–Crippen MR) is 109 cm³/mol. The predicted octanol–water partition coefficient (Wildman–Crippen LogP) is 2.51. The molecule has 0 bridgehead atoms. The molecule has 6 unspecified atom stereocenters. The van der Waals surface area contributed by atoms with Crippen molar-refractivity contribution in [3.05, 3.63) is 0 Å². The van der Waals surface area contributed by atoms with Crippen LogP contribution in [0.25, 0.3) is 0 Å². The van der Waals surface area contributed by atoms with Crippen molar-refractivity contribution in [2.24, 2.45) is 17.8 Å². The molecule has 2 aliphatic heterocycles. The zero-order chi connectivity index (χ0) is 19.1. The van der Waals surface area contributed by atoms with Crippen molar-refractivity contribution in [3.8, 4) is 0 Å². The minimum atomic E-state index is -0.588. The molecule has 5 nitrogen and oxygen atoms in total.